The second-order valence-corrected chi connectivity index (χ2v) is 5.11. The van der Waals surface area contributed by atoms with Crippen molar-refractivity contribution < 1.29 is 9.84 Å². The number of ether oxygens (including phenoxy) is 1. The number of hydrogen-bond donors (Lipinski definition) is 1. The minimum atomic E-state index is -0.287. The predicted molar refractivity (Wildman–Crippen MR) is 58.3 cm³/mol. The van der Waals surface area contributed by atoms with Crippen molar-refractivity contribution in [3.8, 4) is 0 Å². The van der Waals surface area contributed by atoms with E-state index in [-0.39, 0.29) is 11.7 Å². The minimum absolute atomic E-state index is 0.271. The molecule has 0 aromatic carbocycles. The van der Waals surface area contributed by atoms with E-state index in [0.717, 1.165) is 32.3 Å². The molecule has 1 heterocycles. The average Bonchev–Trinajstić information content (AvgIpc) is 2.15. The van der Waals surface area contributed by atoms with Crippen LogP contribution in [0.25, 0.3) is 0 Å². The standard InChI is InChI=1S/C12H24O2/c1-10(2)6-7-11(13)12(3)8-4-5-9-14-12/h10-11,13H,4-9H2,1-3H3. The van der Waals surface area contributed by atoms with Crippen LogP contribution in [0.2, 0.25) is 0 Å². The summed E-state index contributed by atoms with van der Waals surface area (Å²) in [6.45, 7) is 7.25. The lowest BCUT2D eigenvalue weighted by Crippen LogP contribution is -2.44. The normalized spacial score (nSPS) is 30.6. The van der Waals surface area contributed by atoms with E-state index in [2.05, 4.69) is 20.8 Å². The van der Waals surface area contributed by atoms with Crippen LogP contribution in [0.4, 0.5) is 0 Å². The van der Waals surface area contributed by atoms with Gasteiger partial charge in [-0.3, -0.25) is 0 Å². The Labute approximate surface area is 87.7 Å². The highest BCUT2D eigenvalue weighted by atomic mass is 16.5. The van der Waals surface area contributed by atoms with Crippen LogP contribution in [0, 0.1) is 5.92 Å². The third-order valence-electron chi connectivity index (χ3n) is 3.22. The molecule has 0 aromatic heterocycles. The van der Waals surface area contributed by atoms with Crippen molar-refractivity contribution >= 4 is 0 Å². The SMILES string of the molecule is CC(C)CCC(O)C1(C)CCCCO1. The highest BCUT2D eigenvalue weighted by Crippen LogP contribution is 2.30. The van der Waals surface area contributed by atoms with E-state index in [4.69, 9.17) is 4.74 Å². The molecule has 14 heavy (non-hydrogen) atoms. The van der Waals surface area contributed by atoms with Crippen LogP contribution < -0.4 is 0 Å². The van der Waals surface area contributed by atoms with Crippen molar-refractivity contribution in [3.05, 3.63) is 0 Å². The fraction of sp³-hybridized carbons (Fsp3) is 1.00. The van der Waals surface area contributed by atoms with E-state index in [9.17, 15) is 5.11 Å². The maximum Gasteiger partial charge on any atom is 0.0912 e. The summed E-state index contributed by atoms with van der Waals surface area (Å²) >= 11 is 0. The fourth-order valence-corrected chi connectivity index (χ4v) is 2.01. The van der Waals surface area contributed by atoms with Gasteiger partial charge in [0.15, 0.2) is 0 Å². The second kappa shape index (κ2) is 5.13. The zero-order valence-electron chi connectivity index (χ0n) is 9.75. The number of aliphatic hydroxyl groups is 1. The molecule has 0 radical (unpaired) electrons. The fourth-order valence-electron chi connectivity index (χ4n) is 2.01. The van der Waals surface area contributed by atoms with Gasteiger partial charge in [0.05, 0.1) is 11.7 Å². The van der Waals surface area contributed by atoms with Gasteiger partial charge in [-0.2, -0.15) is 0 Å². The van der Waals surface area contributed by atoms with Crippen LogP contribution in [-0.4, -0.2) is 23.4 Å². The first kappa shape index (κ1) is 12.0. The van der Waals surface area contributed by atoms with Gasteiger partial charge in [0.1, 0.15) is 0 Å². The lowest BCUT2D eigenvalue weighted by Gasteiger charge is -2.38. The first-order valence-corrected chi connectivity index (χ1v) is 5.86. The molecule has 1 rings (SSSR count). The highest BCUT2D eigenvalue weighted by Gasteiger charge is 2.35. The molecule has 2 unspecified atom stereocenters. The zero-order valence-corrected chi connectivity index (χ0v) is 9.75. The molecule has 0 saturated carbocycles. The molecule has 2 heteroatoms. The van der Waals surface area contributed by atoms with E-state index in [1.807, 2.05) is 0 Å². The maximum absolute atomic E-state index is 10.1. The zero-order chi connectivity index (χ0) is 10.6. The monoisotopic (exact) mass is 200 g/mol. The van der Waals surface area contributed by atoms with E-state index in [1.54, 1.807) is 0 Å². The topological polar surface area (TPSA) is 29.5 Å². The summed E-state index contributed by atoms with van der Waals surface area (Å²) in [4.78, 5) is 0. The van der Waals surface area contributed by atoms with Gasteiger partial charge in [0, 0.05) is 6.61 Å². The Hall–Kier alpha value is -0.0800. The number of aliphatic hydroxyl groups excluding tert-OH is 1. The van der Waals surface area contributed by atoms with Crippen LogP contribution in [0.3, 0.4) is 0 Å². The van der Waals surface area contributed by atoms with Gasteiger partial charge in [0.25, 0.3) is 0 Å². The van der Waals surface area contributed by atoms with Crippen molar-refractivity contribution in [1.82, 2.24) is 0 Å². The molecule has 0 aromatic rings. The minimum Gasteiger partial charge on any atom is -0.390 e. The van der Waals surface area contributed by atoms with Crippen molar-refractivity contribution in [2.24, 2.45) is 5.92 Å². The van der Waals surface area contributed by atoms with Crippen LogP contribution in [0.5, 0.6) is 0 Å². The molecule has 0 amide bonds. The molecule has 1 aliphatic heterocycles. The van der Waals surface area contributed by atoms with Crippen LogP contribution in [0.1, 0.15) is 52.9 Å². The largest absolute Gasteiger partial charge is 0.390 e. The number of rotatable bonds is 4. The molecule has 0 bridgehead atoms. The number of hydrogen-bond acceptors (Lipinski definition) is 2. The van der Waals surface area contributed by atoms with E-state index in [1.165, 1.54) is 6.42 Å². The van der Waals surface area contributed by atoms with Crippen LogP contribution >= 0.6 is 0 Å². The molecular formula is C12H24O2. The first-order valence-electron chi connectivity index (χ1n) is 5.86. The van der Waals surface area contributed by atoms with E-state index >= 15 is 0 Å². The Bertz CT molecular complexity index is 160. The molecule has 84 valence electrons. The first-order chi connectivity index (χ1) is 6.54. The summed E-state index contributed by atoms with van der Waals surface area (Å²) in [5.41, 5.74) is -0.271. The molecule has 2 nitrogen and oxygen atoms in total. The molecule has 0 spiro atoms. The van der Waals surface area contributed by atoms with Crippen molar-refractivity contribution in [3.63, 3.8) is 0 Å². The molecular weight excluding hydrogens is 176 g/mol. The van der Waals surface area contributed by atoms with Gasteiger partial charge in [-0.05, 0) is 44.9 Å². The highest BCUT2D eigenvalue weighted by molar-refractivity contribution is 4.86. The summed E-state index contributed by atoms with van der Waals surface area (Å²) in [5, 5.41) is 10.1. The molecule has 1 saturated heterocycles. The Morgan fingerprint density at radius 2 is 2.00 bits per heavy atom. The molecule has 1 fully saturated rings. The van der Waals surface area contributed by atoms with E-state index in [0.29, 0.717) is 5.92 Å². The van der Waals surface area contributed by atoms with Gasteiger partial charge in [-0.15, -0.1) is 0 Å². The van der Waals surface area contributed by atoms with Gasteiger partial charge in [0.2, 0.25) is 0 Å². The molecule has 1 aliphatic rings. The van der Waals surface area contributed by atoms with Gasteiger partial charge >= 0.3 is 0 Å². The third kappa shape index (κ3) is 3.25. The van der Waals surface area contributed by atoms with Crippen molar-refractivity contribution in [1.29, 1.82) is 0 Å². The molecule has 1 N–H and O–H groups in total. The lowest BCUT2D eigenvalue weighted by molar-refractivity contribution is -0.138. The summed E-state index contributed by atoms with van der Waals surface area (Å²) in [6, 6.07) is 0. The Kier molecular flexibility index (Phi) is 4.39. The Morgan fingerprint density at radius 1 is 1.29 bits per heavy atom. The predicted octanol–water partition coefficient (Wildman–Crippen LogP) is 2.74. The van der Waals surface area contributed by atoms with Crippen molar-refractivity contribution in [2.45, 2.75) is 64.6 Å². The average molecular weight is 200 g/mol. The maximum atomic E-state index is 10.1. The van der Waals surface area contributed by atoms with Gasteiger partial charge < -0.3 is 9.84 Å². The quantitative estimate of drug-likeness (QED) is 0.756. The summed E-state index contributed by atoms with van der Waals surface area (Å²) in [6.07, 6.45) is 5.01. The van der Waals surface area contributed by atoms with Crippen LogP contribution in [0.15, 0.2) is 0 Å². The second-order valence-electron chi connectivity index (χ2n) is 5.11. The Morgan fingerprint density at radius 3 is 2.50 bits per heavy atom. The Balaban J connectivity index is 2.36. The summed E-state index contributed by atoms with van der Waals surface area (Å²) < 4.78 is 5.71. The third-order valence-corrected chi connectivity index (χ3v) is 3.22. The van der Waals surface area contributed by atoms with Gasteiger partial charge in [-0.1, -0.05) is 13.8 Å². The van der Waals surface area contributed by atoms with Crippen molar-refractivity contribution in [2.75, 3.05) is 6.61 Å². The van der Waals surface area contributed by atoms with Crippen LogP contribution in [-0.2, 0) is 4.74 Å². The summed E-state index contributed by atoms with van der Waals surface area (Å²) in [5.74, 6) is 0.664. The summed E-state index contributed by atoms with van der Waals surface area (Å²) in [7, 11) is 0. The van der Waals surface area contributed by atoms with E-state index < -0.39 is 0 Å². The smallest absolute Gasteiger partial charge is 0.0912 e. The van der Waals surface area contributed by atoms with Gasteiger partial charge in [-0.25, -0.2) is 0 Å². The lowest BCUT2D eigenvalue weighted by atomic mass is 9.86. The molecule has 0 aliphatic carbocycles. The molecule has 2 atom stereocenters.